The van der Waals surface area contributed by atoms with E-state index >= 15 is 0 Å². The van der Waals surface area contributed by atoms with Crippen molar-refractivity contribution in [3.05, 3.63) is 28.0 Å². The maximum Gasteiger partial charge on any atom is 0.311 e. The zero-order valence-corrected chi connectivity index (χ0v) is 12.2. The molecule has 1 aromatic rings. The highest BCUT2D eigenvalue weighted by Gasteiger charge is 2.31. The van der Waals surface area contributed by atoms with E-state index in [1.54, 1.807) is 13.8 Å². The van der Waals surface area contributed by atoms with Gasteiger partial charge < -0.3 is 10.4 Å². The second-order valence-electron chi connectivity index (χ2n) is 4.47. The second kappa shape index (κ2) is 6.02. The van der Waals surface area contributed by atoms with Crippen LogP contribution in [0.3, 0.4) is 0 Å². The van der Waals surface area contributed by atoms with Crippen LogP contribution in [0.4, 0.5) is 10.1 Å². The number of aliphatic carboxylic acids is 1. The van der Waals surface area contributed by atoms with Gasteiger partial charge in [0.2, 0.25) is 0 Å². The Kier molecular flexibility index (Phi) is 4.90. The number of hydrogen-bond donors (Lipinski definition) is 2. The number of anilines is 1. The van der Waals surface area contributed by atoms with E-state index < -0.39 is 17.2 Å². The van der Waals surface area contributed by atoms with Gasteiger partial charge in [-0.05, 0) is 41.4 Å². The summed E-state index contributed by atoms with van der Waals surface area (Å²) in [5.74, 6) is -1.53. The molecule has 1 atom stereocenters. The highest BCUT2D eigenvalue weighted by Crippen LogP contribution is 2.28. The van der Waals surface area contributed by atoms with Crippen LogP contribution in [0.25, 0.3) is 0 Å². The van der Waals surface area contributed by atoms with Gasteiger partial charge in [-0.1, -0.05) is 6.92 Å². The summed E-state index contributed by atoms with van der Waals surface area (Å²) in [7, 11) is 0. The first-order valence-corrected chi connectivity index (χ1v) is 6.50. The highest BCUT2D eigenvalue weighted by atomic mass is 79.9. The third kappa shape index (κ3) is 3.24. The molecule has 1 rings (SSSR count). The Balaban J connectivity index is 2.94. The summed E-state index contributed by atoms with van der Waals surface area (Å²) in [6.45, 7) is 3.47. The molecule has 1 aromatic carbocycles. The number of carboxylic acid groups (broad SMARTS) is 1. The number of nitriles is 1. The van der Waals surface area contributed by atoms with Gasteiger partial charge in [0.05, 0.1) is 21.1 Å². The Labute approximate surface area is 119 Å². The molecule has 0 aliphatic carbocycles. The van der Waals surface area contributed by atoms with E-state index in [0.29, 0.717) is 6.42 Å². The monoisotopic (exact) mass is 328 g/mol. The number of halogens is 2. The van der Waals surface area contributed by atoms with Crippen molar-refractivity contribution >= 4 is 27.6 Å². The fourth-order valence-electron chi connectivity index (χ4n) is 1.41. The molecule has 0 bridgehead atoms. The lowest BCUT2D eigenvalue weighted by molar-refractivity contribution is -0.147. The van der Waals surface area contributed by atoms with Gasteiger partial charge in [0.25, 0.3) is 0 Å². The minimum absolute atomic E-state index is 0.0773. The third-order valence-corrected chi connectivity index (χ3v) is 3.94. The smallest absolute Gasteiger partial charge is 0.311 e. The second-order valence-corrected chi connectivity index (χ2v) is 5.27. The molecule has 6 heteroatoms. The summed E-state index contributed by atoms with van der Waals surface area (Å²) in [5.41, 5.74) is -0.598. The molecule has 0 fully saturated rings. The molecule has 0 aliphatic rings. The lowest BCUT2D eigenvalue weighted by Gasteiger charge is -2.24. The van der Waals surface area contributed by atoms with Crippen LogP contribution in [-0.4, -0.2) is 17.6 Å². The molecule has 1 unspecified atom stereocenters. The number of benzene rings is 1. The Bertz CT molecular complexity index is 542. The summed E-state index contributed by atoms with van der Waals surface area (Å²) in [5, 5.41) is 20.7. The van der Waals surface area contributed by atoms with Crippen molar-refractivity contribution in [2.75, 3.05) is 11.9 Å². The van der Waals surface area contributed by atoms with Crippen molar-refractivity contribution in [1.29, 1.82) is 5.26 Å². The third-order valence-electron chi connectivity index (χ3n) is 3.17. The average Bonchev–Trinajstić information content (AvgIpc) is 2.40. The molecular formula is C13H14BrFN2O2. The highest BCUT2D eigenvalue weighted by molar-refractivity contribution is 9.10. The molecule has 0 spiro atoms. The van der Waals surface area contributed by atoms with E-state index in [1.807, 2.05) is 6.07 Å². The van der Waals surface area contributed by atoms with E-state index in [-0.39, 0.29) is 22.3 Å². The first-order chi connectivity index (χ1) is 8.85. The van der Waals surface area contributed by atoms with Crippen LogP contribution in [0.15, 0.2) is 16.6 Å². The van der Waals surface area contributed by atoms with Gasteiger partial charge >= 0.3 is 5.97 Å². The van der Waals surface area contributed by atoms with Crippen molar-refractivity contribution in [2.45, 2.75) is 20.3 Å². The number of hydrogen-bond acceptors (Lipinski definition) is 3. The minimum Gasteiger partial charge on any atom is -0.481 e. The predicted molar refractivity (Wildman–Crippen MR) is 73.3 cm³/mol. The van der Waals surface area contributed by atoms with Crippen LogP contribution in [0.1, 0.15) is 25.8 Å². The van der Waals surface area contributed by atoms with Crippen LogP contribution in [0, 0.1) is 22.6 Å². The Morgan fingerprint density at radius 2 is 2.26 bits per heavy atom. The maximum atomic E-state index is 13.9. The predicted octanol–water partition coefficient (Wildman–Crippen LogP) is 3.37. The molecule has 0 heterocycles. The van der Waals surface area contributed by atoms with E-state index in [1.165, 1.54) is 12.1 Å². The minimum atomic E-state index is -0.965. The van der Waals surface area contributed by atoms with Gasteiger partial charge in [0, 0.05) is 6.54 Å². The normalized spacial score (nSPS) is 13.4. The van der Waals surface area contributed by atoms with E-state index in [9.17, 15) is 9.18 Å². The van der Waals surface area contributed by atoms with E-state index in [4.69, 9.17) is 10.4 Å². The summed E-state index contributed by atoms with van der Waals surface area (Å²) >= 11 is 3.00. The lowest BCUT2D eigenvalue weighted by atomic mass is 9.87. The van der Waals surface area contributed by atoms with Crippen molar-refractivity contribution < 1.29 is 14.3 Å². The summed E-state index contributed by atoms with van der Waals surface area (Å²) in [6, 6.07) is 4.76. The lowest BCUT2D eigenvalue weighted by Crippen LogP contribution is -2.34. The fourth-order valence-corrected chi connectivity index (χ4v) is 1.85. The Hall–Kier alpha value is -1.61. The number of rotatable bonds is 5. The van der Waals surface area contributed by atoms with Crippen LogP contribution in [0.2, 0.25) is 0 Å². The SMILES string of the molecule is CCC(C)(CNc1ccc(C#N)c(Br)c1F)C(=O)O. The topological polar surface area (TPSA) is 73.1 Å². The molecule has 2 N–H and O–H groups in total. The molecule has 0 aliphatic heterocycles. The maximum absolute atomic E-state index is 13.9. The molecule has 19 heavy (non-hydrogen) atoms. The van der Waals surface area contributed by atoms with Crippen LogP contribution >= 0.6 is 15.9 Å². The molecule has 102 valence electrons. The molecule has 4 nitrogen and oxygen atoms in total. The Morgan fingerprint density at radius 1 is 1.63 bits per heavy atom. The molecule has 0 saturated carbocycles. The first-order valence-electron chi connectivity index (χ1n) is 5.71. The van der Waals surface area contributed by atoms with Gasteiger partial charge in [-0.15, -0.1) is 0 Å². The van der Waals surface area contributed by atoms with Crippen LogP contribution < -0.4 is 5.32 Å². The van der Waals surface area contributed by atoms with Crippen molar-refractivity contribution in [1.82, 2.24) is 0 Å². The van der Waals surface area contributed by atoms with Gasteiger partial charge in [0.15, 0.2) is 5.82 Å². The molecule has 0 radical (unpaired) electrons. The zero-order chi connectivity index (χ0) is 14.6. The molecule has 0 saturated heterocycles. The van der Waals surface area contributed by atoms with Crippen LogP contribution in [-0.2, 0) is 4.79 Å². The van der Waals surface area contributed by atoms with E-state index in [0.717, 1.165) is 0 Å². The average molecular weight is 329 g/mol. The van der Waals surface area contributed by atoms with Crippen molar-refractivity contribution in [3.8, 4) is 6.07 Å². The quantitative estimate of drug-likeness (QED) is 0.869. The van der Waals surface area contributed by atoms with Gasteiger partial charge in [-0.2, -0.15) is 5.26 Å². The number of nitrogens with zero attached hydrogens (tertiary/aromatic N) is 1. The molecule has 0 aromatic heterocycles. The van der Waals surface area contributed by atoms with E-state index in [2.05, 4.69) is 21.2 Å². The zero-order valence-electron chi connectivity index (χ0n) is 10.6. The largest absolute Gasteiger partial charge is 0.481 e. The number of carbonyl (C=O) groups is 1. The van der Waals surface area contributed by atoms with Crippen LogP contribution in [0.5, 0.6) is 0 Å². The van der Waals surface area contributed by atoms with Gasteiger partial charge in [0.1, 0.15) is 6.07 Å². The number of nitrogens with one attached hydrogen (secondary N) is 1. The first kappa shape index (κ1) is 15.4. The molecular weight excluding hydrogens is 315 g/mol. The van der Waals surface area contributed by atoms with Gasteiger partial charge in [-0.25, -0.2) is 4.39 Å². The van der Waals surface area contributed by atoms with Crippen molar-refractivity contribution in [2.24, 2.45) is 5.41 Å². The fraction of sp³-hybridized carbons (Fsp3) is 0.385. The number of carboxylic acids is 1. The molecule has 0 amide bonds. The summed E-state index contributed by atoms with van der Waals surface area (Å²) in [6.07, 6.45) is 0.425. The van der Waals surface area contributed by atoms with Gasteiger partial charge in [-0.3, -0.25) is 4.79 Å². The summed E-state index contributed by atoms with van der Waals surface area (Å²) in [4.78, 5) is 11.1. The van der Waals surface area contributed by atoms with Crippen molar-refractivity contribution in [3.63, 3.8) is 0 Å². The standard InChI is InChI=1S/C13H14BrFN2O2/c1-3-13(2,12(18)19)7-17-9-5-4-8(6-16)10(14)11(9)15/h4-5,17H,3,7H2,1-2H3,(H,18,19). The Morgan fingerprint density at radius 3 is 2.74 bits per heavy atom. The summed E-state index contributed by atoms with van der Waals surface area (Å²) < 4.78 is 14.0.